The fourth-order valence-electron chi connectivity index (χ4n) is 3.74. The predicted molar refractivity (Wildman–Crippen MR) is 95.9 cm³/mol. The van der Waals surface area contributed by atoms with Gasteiger partial charge in [0.05, 0.1) is 6.54 Å². The van der Waals surface area contributed by atoms with Gasteiger partial charge >= 0.3 is 12.0 Å². The van der Waals surface area contributed by atoms with Gasteiger partial charge in [0.2, 0.25) is 11.8 Å². The molecule has 0 atom stereocenters. The van der Waals surface area contributed by atoms with Gasteiger partial charge in [0.15, 0.2) is 0 Å². The number of amides is 4. The number of carboxylic acid groups (broad SMARTS) is 1. The summed E-state index contributed by atoms with van der Waals surface area (Å²) < 4.78 is 0. The summed E-state index contributed by atoms with van der Waals surface area (Å²) in [5.41, 5.74) is 0. The van der Waals surface area contributed by atoms with Crippen LogP contribution in [0.5, 0.6) is 0 Å². The van der Waals surface area contributed by atoms with Crippen LogP contribution in [0.2, 0.25) is 0 Å². The maximum atomic E-state index is 12.1. The van der Waals surface area contributed by atoms with Crippen molar-refractivity contribution >= 4 is 23.8 Å². The third-order valence-corrected chi connectivity index (χ3v) is 5.54. The number of urea groups is 1. The van der Waals surface area contributed by atoms with E-state index in [0.717, 1.165) is 19.4 Å². The Morgan fingerprint density at radius 3 is 2.52 bits per heavy atom. The van der Waals surface area contributed by atoms with E-state index in [0.29, 0.717) is 12.3 Å². The van der Waals surface area contributed by atoms with Gasteiger partial charge in [-0.3, -0.25) is 24.2 Å². The molecular weight excluding hydrogens is 352 g/mol. The molecule has 0 radical (unpaired) electrons. The summed E-state index contributed by atoms with van der Waals surface area (Å²) in [6, 6.07) is -0.00186. The molecule has 0 aromatic rings. The second-order valence-electron chi connectivity index (χ2n) is 7.94. The lowest BCUT2D eigenvalue weighted by Gasteiger charge is -2.42. The lowest BCUT2D eigenvalue weighted by atomic mass is 9.85. The Bertz CT molecular complexity index is 615. The van der Waals surface area contributed by atoms with Gasteiger partial charge < -0.3 is 15.3 Å². The van der Waals surface area contributed by atoms with Crippen molar-refractivity contribution in [3.63, 3.8) is 0 Å². The minimum absolute atomic E-state index is 0.0637. The first-order valence-electron chi connectivity index (χ1n) is 9.64. The summed E-state index contributed by atoms with van der Waals surface area (Å²) in [6.07, 6.45) is 4.63. The largest absolute Gasteiger partial charge is 0.480 e. The van der Waals surface area contributed by atoms with Gasteiger partial charge in [-0.05, 0) is 38.0 Å². The second kappa shape index (κ2) is 8.24. The van der Waals surface area contributed by atoms with Crippen molar-refractivity contribution < 1.29 is 24.3 Å². The van der Waals surface area contributed by atoms with E-state index in [1.165, 1.54) is 22.6 Å². The van der Waals surface area contributed by atoms with E-state index in [1.807, 2.05) is 4.90 Å². The number of hydrogen-bond donors (Lipinski definition) is 2. The van der Waals surface area contributed by atoms with Crippen LogP contribution in [0, 0.1) is 5.92 Å². The third-order valence-electron chi connectivity index (χ3n) is 5.54. The fraction of sp³-hybridized carbons (Fsp3) is 0.778. The average molecular weight is 380 g/mol. The molecule has 150 valence electrons. The summed E-state index contributed by atoms with van der Waals surface area (Å²) >= 11 is 0. The number of carbonyl (C=O) groups excluding carboxylic acids is 3. The van der Waals surface area contributed by atoms with Gasteiger partial charge in [-0.15, -0.1) is 0 Å². The molecule has 1 heterocycles. The SMILES string of the molecule is CN1CC(=O)N(CCCC(=O)NC2CC(N(CC(=O)O)CC3CC3)C2)C1=O. The normalized spacial score (nSPS) is 25.1. The first-order chi connectivity index (χ1) is 12.8. The summed E-state index contributed by atoms with van der Waals surface area (Å²) in [5.74, 6) is -0.482. The molecule has 3 rings (SSSR count). The van der Waals surface area contributed by atoms with Crippen LogP contribution < -0.4 is 5.32 Å². The molecule has 0 aromatic heterocycles. The minimum atomic E-state index is -0.806. The van der Waals surface area contributed by atoms with E-state index in [4.69, 9.17) is 5.11 Å². The molecule has 0 bridgehead atoms. The summed E-state index contributed by atoms with van der Waals surface area (Å²) in [6.45, 7) is 1.26. The van der Waals surface area contributed by atoms with Crippen molar-refractivity contribution in [2.24, 2.45) is 5.92 Å². The number of carboxylic acids is 1. The lowest BCUT2D eigenvalue weighted by Crippen LogP contribution is -2.55. The molecular formula is C18H28N4O5. The molecule has 4 amide bonds. The number of rotatable bonds is 10. The van der Waals surface area contributed by atoms with Gasteiger partial charge in [-0.1, -0.05) is 0 Å². The first-order valence-corrected chi connectivity index (χ1v) is 9.64. The van der Waals surface area contributed by atoms with Gasteiger partial charge in [-0.2, -0.15) is 0 Å². The number of likely N-dealkylation sites (N-methyl/N-ethyl adjacent to an activating group) is 1. The van der Waals surface area contributed by atoms with Crippen LogP contribution in [0.3, 0.4) is 0 Å². The molecule has 1 aliphatic heterocycles. The highest BCUT2D eigenvalue weighted by Gasteiger charge is 2.38. The number of nitrogens with one attached hydrogen (secondary N) is 1. The van der Waals surface area contributed by atoms with Crippen LogP contribution >= 0.6 is 0 Å². The van der Waals surface area contributed by atoms with Crippen LogP contribution in [-0.2, 0) is 14.4 Å². The van der Waals surface area contributed by atoms with Crippen LogP contribution in [0.4, 0.5) is 4.79 Å². The maximum Gasteiger partial charge on any atom is 0.326 e. The van der Waals surface area contributed by atoms with E-state index < -0.39 is 5.97 Å². The van der Waals surface area contributed by atoms with Gasteiger partial charge in [0.1, 0.15) is 6.54 Å². The molecule has 27 heavy (non-hydrogen) atoms. The zero-order chi connectivity index (χ0) is 19.6. The zero-order valence-corrected chi connectivity index (χ0v) is 15.7. The molecule has 0 unspecified atom stereocenters. The van der Waals surface area contributed by atoms with Crippen LogP contribution in [-0.4, -0.2) is 88.9 Å². The number of nitrogens with zero attached hydrogens (tertiary/aromatic N) is 3. The first kappa shape index (κ1) is 19.6. The molecule has 2 aliphatic carbocycles. The van der Waals surface area contributed by atoms with Crippen LogP contribution in [0.15, 0.2) is 0 Å². The van der Waals surface area contributed by atoms with E-state index in [9.17, 15) is 19.2 Å². The minimum Gasteiger partial charge on any atom is -0.480 e. The fourth-order valence-corrected chi connectivity index (χ4v) is 3.74. The molecule has 9 heteroatoms. The number of imide groups is 1. The highest BCUT2D eigenvalue weighted by atomic mass is 16.4. The molecule has 9 nitrogen and oxygen atoms in total. The Morgan fingerprint density at radius 2 is 1.96 bits per heavy atom. The van der Waals surface area contributed by atoms with Crippen LogP contribution in [0.1, 0.15) is 38.5 Å². The molecule has 0 aromatic carbocycles. The average Bonchev–Trinajstić information content (AvgIpc) is 3.32. The van der Waals surface area contributed by atoms with Crippen LogP contribution in [0.25, 0.3) is 0 Å². The molecule has 3 fully saturated rings. The Morgan fingerprint density at radius 1 is 1.26 bits per heavy atom. The van der Waals surface area contributed by atoms with Crippen molar-refractivity contribution in [2.45, 2.75) is 50.6 Å². The third kappa shape index (κ3) is 5.18. The van der Waals surface area contributed by atoms with Crippen molar-refractivity contribution in [3.8, 4) is 0 Å². The molecule has 1 saturated heterocycles. The number of hydrogen-bond acceptors (Lipinski definition) is 5. The Labute approximate surface area is 158 Å². The number of aliphatic carboxylic acids is 1. The standard InChI is InChI=1S/C18H28N4O5/c1-20-10-16(24)22(18(20)27)6-2-3-15(23)19-13-7-14(8-13)21(11-17(25)26)9-12-4-5-12/h12-14H,2-11H2,1H3,(H,19,23)(H,25,26). The Balaban J connectivity index is 1.33. The molecule has 0 spiro atoms. The highest BCUT2D eigenvalue weighted by Crippen LogP contribution is 2.33. The van der Waals surface area contributed by atoms with E-state index in [1.54, 1.807) is 7.05 Å². The Kier molecular flexibility index (Phi) is 5.98. The Hall–Kier alpha value is -2.16. The molecule has 2 saturated carbocycles. The highest BCUT2D eigenvalue weighted by molar-refractivity contribution is 6.01. The van der Waals surface area contributed by atoms with E-state index in [-0.39, 0.29) is 56.0 Å². The predicted octanol–water partition coefficient (Wildman–Crippen LogP) is 0.104. The van der Waals surface area contributed by atoms with Gasteiger partial charge in [-0.25, -0.2) is 4.79 Å². The summed E-state index contributed by atoms with van der Waals surface area (Å²) in [5, 5.41) is 12.0. The molecule has 3 aliphatic rings. The van der Waals surface area contributed by atoms with Crippen molar-refractivity contribution in [1.29, 1.82) is 0 Å². The molecule has 2 N–H and O–H groups in total. The van der Waals surface area contributed by atoms with E-state index in [2.05, 4.69) is 5.32 Å². The summed E-state index contributed by atoms with van der Waals surface area (Å²) in [4.78, 5) is 51.1. The van der Waals surface area contributed by atoms with E-state index >= 15 is 0 Å². The van der Waals surface area contributed by atoms with Crippen molar-refractivity contribution in [3.05, 3.63) is 0 Å². The summed E-state index contributed by atoms with van der Waals surface area (Å²) in [7, 11) is 1.58. The van der Waals surface area contributed by atoms with Crippen molar-refractivity contribution in [2.75, 3.05) is 33.2 Å². The second-order valence-corrected chi connectivity index (χ2v) is 7.94. The van der Waals surface area contributed by atoms with Gasteiger partial charge in [0.25, 0.3) is 0 Å². The van der Waals surface area contributed by atoms with Crippen molar-refractivity contribution in [1.82, 2.24) is 20.0 Å². The zero-order valence-electron chi connectivity index (χ0n) is 15.7. The maximum absolute atomic E-state index is 12.1. The van der Waals surface area contributed by atoms with Gasteiger partial charge in [0, 0.05) is 38.6 Å². The number of carbonyl (C=O) groups is 4. The monoisotopic (exact) mass is 380 g/mol. The topological polar surface area (TPSA) is 110 Å². The smallest absolute Gasteiger partial charge is 0.326 e. The quantitative estimate of drug-likeness (QED) is 0.520. The lowest BCUT2D eigenvalue weighted by molar-refractivity contribution is -0.140.